The van der Waals surface area contributed by atoms with Crippen molar-refractivity contribution in [3.05, 3.63) is 36.0 Å². The van der Waals surface area contributed by atoms with Gasteiger partial charge >= 0.3 is 5.43 Å². The van der Waals surface area contributed by atoms with Crippen LogP contribution in [0, 0.1) is 6.92 Å². The molecule has 2 aromatic rings. The molecule has 1 heterocycles. The van der Waals surface area contributed by atoms with Gasteiger partial charge in [0.25, 0.3) is 0 Å². The Morgan fingerprint density at radius 2 is 2.20 bits per heavy atom. The highest BCUT2D eigenvalue weighted by molar-refractivity contribution is 6.61. The highest BCUT2D eigenvalue weighted by Gasteiger charge is 2.07. The maximum absolute atomic E-state index is 10.7. The van der Waals surface area contributed by atoms with E-state index in [1.165, 1.54) is 0 Å². The molecule has 0 fully saturated rings. The van der Waals surface area contributed by atoms with Crippen LogP contribution in [0.15, 0.2) is 30.5 Å². The average molecular weight is 222 g/mol. The highest BCUT2D eigenvalue weighted by atomic mass is 35.5. The van der Waals surface area contributed by atoms with Crippen molar-refractivity contribution in [2.75, 3.05) is 0 Å². The standard InChI is InChI=1S/C11H8ClNO2/c1-7-4-5-9(15-11(12)14)8-3-2-6-13-10(7)8/h2-6H,1H3. The molecular weight excluding hydrogens is 214 g/mol. The van der Waals surface area contributed by atoms with Crippen LogP contribution in [0.2, 0.25) is 0 Å². The third-order valence-corrected chi connectivity index (χ3v) is 2.20. The van der Waals surface area contributed by atoms with E-state index in [2.05, 4.69) is 4.98 Å². The first-order valence-electron chi connectivity index (χ1n) is 4.40. The van der Waals surface area contributed by atoms with E-state index in [1.54, 1.807) is 18.3 Å². The molecule has 1 aromatic heterocycles. The number of rotatable bonds is 1. The molecule has 0 N–H and O–H groups in total. The largest absolute Gasteiger partial charge is 0.414 e. The fraction of sp³-hybridized carbons (Fsp3) is 0.0909. The second-order valence-corrected chi connectivity index (χ2v) is 3.43. The minimum absolute atomic E-state index is 0.434. The number of aryl methyl sites for hydroxylation is 1. The Morgan fingerprint density at radius 1 is 1.40 bits per heavy atom. The summed E-state index contributed by atoms with van der Waals surface area (Å²) in [6.45, 7) is 1.95. The summed E-state index contributed by atoms with van der Waals surface area (Å²) in [6.07, 6.45) is 1.70. The van der Waals surface area contributed by atoms with Crippen LogP contribution in [0.25, 0.3) is 10.9 Å². The molecule has 0 saturated carbocycles. The SMILES string of the molecule is Cc1ccc(OC(=O)Cl)c2cccnc12. The number of nitrogens with zero attached hydrogens (tertiary/aromatic N) is 1. The normalized spacial score (nSPS) is 10.3. The van der Waals surface area contributed by atoms with Crippen molar-refractivity contribution in [1.29, 1.82) is 0 Å². The monoisotopic (exact) mass is 221 g/mol. The van der Waals surface area contributed by atoms with Gasteiger partial charge in [-0.1, -0.05) is 6.07 Å². The van der Waals surface area contributed by atoms with E-state index in [1.807, 2.05) is 19.1 Å². The molecule has 0 saturated heterocycles. The van der Waals surface area contributed by atoms with Gasteiger partial charge in [0.2, 0.25) is 0 Å². The van der Waals surface area contributed by atoms with E-state index < -0.39 is 5.43 Å². The van der Waals surface area contributed by atoms with Crippen molar-refractivity contribution in [3.8, 4) is 5.75 Å². The van der Waals surface area contributed by atoms with E-state index in [4.69, 9.17) is 16.3 Å². The molecule has 1 aromatic carbocycles. The highest BCUT2D eigenvalue weighted by Crippen LogP contribution is 2.26. The summed E-state index contributed by atoms with van der Waals surface area (Å²) in [6, 6.07) is 7.17. The van der Waals surface area contributed by atoms with Crippen LogP contribution in [0.4, 0.5) is 4.79 Å². The van der Waals surface area contributed by atoms with Crippen molar-refractivity contribution < 1.29 is 9.53 Å². The molecule has 0 unspecified atom stereocenters. The van der Waals surface area contributed by atoms with E-state index in [0.717, 1.165) is 16.5 Å². The summed E-state index contributed by atoms with van der Waals surface area (Å²) in [5, 5.41) is 0.784. The van der Waals surface area contributed by atoms with Crippen molar-refractivity contribution in [2.24, 2.45) is 0 Å². The lowest BCUT2D eigenvalue weighted by molar-refractivity contribution is 0.226. The third-order valence-electron chi connectivity index (χ3n) is 2.12. The summed E-state index contributed by atoms with van der Waals surface area (Å²) < 4.78 is 4.87. The Kier molecular flexibility index (Phi) is 2.56. The van der Waals surface area contributed by atoms with Crippen LogP contribution in [0.5, 0.6) is 5.75 Å². The number of fused-ring (bicyclic) bond motifs is 1. The topological polar surface area (TPSA) is 39.2 Å². The number of carbonyl (C=O) groups is 1. The minimum Gasteiger partial charge on any atom is -0.414 e. The quantitative estimate of drug-likeness (QED) is 0.694. The van der Waals surface area contributed by atoms with Crippen molar-refractivity contribution in [3.63, 3.8) is 0 Å². The van der Waals surface area contributed by atoms with E-state index in [-0.39, 0.29) is 0 Å². The second-order valence-electron chi connectivity index (χ2n) is 3.12. The molecule has 0 bridgehead atoms. The smallest absolute Gasteiger partial charge is 0.409 e. The fourth-order valence-corrected chi connectivity index (χ4v) is 1.55. The van der Waals surface area contributed by atoms with Gasteiger partial charge in [-0.05, 0) is 30.7 Å². The molecule has 0 aliphatic rings. The van der Waals surface area contributed by atoms with Gasteiger partial charge in [-0.3, -0.25) is 4.98 Å². The third kappa shape index (κ3) is 1.92. The molecule has 0 atom stereocenters. The number of halogens is 1. The molecule has 0 aliphatic heterocycles. The second kappa shape index (κ2) is 3.87. The van der Waals surface area contributed by atoms with E-state index in [9.17, 15) is 4.79 Å². The van der Waals surface area contributed by atoms with Gasteiger partial charge in [0.1, 0.15) is 5.75 Å². The predicted molar refractivity (Wildman–Crippen MR) is 58.4 cm³/mol. The van der Waals surface area contributed by atoms with Crippen LogP contribution < -0.4 is 4.74 Å². The van der Waals surface area contributed by atoms with E-state index in [0.29, 0.717) is 5.75 Å². The van der Waals surface area contributed by atoms with Crippen LogP contribution in [-0.4, -0.2) is 10.4 Å². The van der Waals surface area contributed by atoms with Gasteiger partial charge in [0, 0.05) is 23.2 Å². The molecule has 0 spiro atoms. The van der Waals surface area contributed by atoms with Gasteiger partial charge in [-0.2, -0.15) is 0 Å². The lowest BCUT2D eigenvalue weighted by Crippen LogP contribution is -1.97. The number of aromatic nitrogens is 1. The number of pyridine rings is 1. The van der Waals surface area contributed by atoms with E-state index >= 15 is 0 Å². The summed E-state index contributed by atoms with van der Waals surface area (Å²) in [5.41, 5.74) is 0.997. The zero-order chi connectivity index (χ0) is 10.8. The molecule has 76 valence electrons. The fourth-order valence-electron chi connectivity index (χ4n) is 1.46. The number of carbonyl (C=O) groups excluding carboxylic acids is 1. The molecule has 0 radical (unpaired) electrons. The van der Waals surface area contributed by atoms with Gasteiger partial charge in [0.15, 0.2) is 0 Å². The Labute approximate surface area is 91.6 Å². The van der Waals surface area contributed by atoms with Crippen LogP contribution in [0.1, 0.15) is 5.56 Å². The number of hydrogen-bond acceptors (Lipinski definition) is 3. The first kappa shape index (κ1) is 9.93. The van der Waals surface area contributed by atoms with Crippen LogP contribution in [0.3, 0.4) is 0 Å². The summed E-state index contributed by atoms with van der Waals surface area (Å²) in [5.74, 6) is 0.434. The number of benzene rings is 1. The van der Waals surface area contributed by atoms with Gasteiger partial charge in [-0.25, -0.2) is 4.79 Å². The predicted octanol–water partition coefficient (Wildman–Crippen LogP) is 3.28. The molecule has 15 heavy (non-hydrogen) atoms. The minimum atomic E-state index is -0.844. The van der Waals surface area contributed by atoms with Gasteiger partial charge in [-0.15, -0.1) is 0 Å². The van der Waals surface area contributed by atoms with Crippen LogP contribution in [-0.2, 0) is 0 Å². The van der Waals surface area contributed by atoms with Crippen molar-refractivity contribution >= 4 is 27.9 Å². The maximum atomic E-state index is 10.7. The Morgan fingerprint density at radius 3 is 2.93 bits per heavy atom. The first-order valence-corrected chi connectivity index (χ1v) is 4.78. The van der Waals surface area contributed by atoms with Crippen LogP contribution >= 0.6 is 11.6 Å². The van der Waals surface area contributed by atoms with Crippen molar-refractivity contribution in [2.45, 2.75) is 6.92 Å². The zero-order valence-corrected chi connectivity index (χ0v) is 8.78. The lowest BCUT2D eigenvalue weighted by Gasteiger charge is -2.06. The molecule has 3 nitrogen and oxygen atoms in total. The zero-order valence-electron chi connectivity index (χ0n) is 8.03. The Balaban J connectivity index is 2.66. The molecular formula is C11H8ClNO2. The average Bonchev–Trinajstić information content (AvgIpc) is 2.22. The molecule has 2 rings (SSSR count). The summed E-state index contributed by atoms with van der Waals surface area (Å²) in [4.78, 5) is 14.9. The molecule has 0 amide bonds. The van der Waals surface area contributed by atoms with Crippen molar-refractivity contribution in [1.82, 2.24) is 4.98 Å². The van der Waals surface area contributed by atoms with Gasteiger partial charge < -0.3 is 4.74 Å². The lowest BCUT2D eigenvalue weighted by atomic mass is 10.1. The number of hydrogen-bond donors (Lipinski definition) is 0. The molecule has 0 aliphatic carbocycles. The molecule has 4 heteroatoms. The van der Waals surface area contributed by atoms with Gasteiger partial charge in [0.05, 0.1) is 5.52 Å². The Hall–Kier alpha value is -1.61. The maximum Gasteiger partial charge on any atom is 0.409 e. The summed E-state index contributed by atoms with van der Waals surface area (Å²) >= 11 is 5.17. The Bertz CT molecular complexity index is 525. The summed E-state index contributed by atoms with van der Waals surface area (Å²) in [7, 11) is 0. The first-order chi connectivity index (χ1) is 7.18. The number of ether oxygens (including phenoxy) is 1.